The zero-order chi connectivity index (χ0) is 24.9. The summed E-state index contributed by atoms with van der Waals surface area (Å²) in [5, 5.41) is 21.6. The number of carbonyl (C=O) groups is 2. The largest absolute Gasteiger partial charge is 0.393 e. The molecule has 0 aromatic carbocycles. The average molecular weight is 471 g/mol. The smallest absolute Gasteiger partial charge is 0.159 e. The Balaban J connectivity index is 1.54. The van der Waals surface area contributed by atoms with E-state index in [1.165, 1.54) is 5.57 Å². The highest BCUT2D eigenvalue weighted by atomic mass is 16.3. The Morgan fingerprint density at radius 3 is 2.15 bits per heavy atom. The van der Waals surface area contributed by atoms with Crippen LogP contribution in [0.4, 0.5) is 0 Å². The fourth-order valence-electron chi connectivity index (χ4n) is 10.8. The van der Waals surface area contributed by atoms with E-state index in [1.807, 2.05) is 13.0 Å². The number of rotatable bonds is 1. The van der Waals surface area contributed by atoms with E-state index in [-0.39, 0.29) is 33.9 Å². The Morgan fingerprint density at radius 1 is 0.824 bits per heavy atom. The van der Waals surface area contributed by atoms with Crippen molar-refractivity contribution in [3.05, 3.63) is 11.6 Å². The maximum absolute atomic E-state index is 13.6. The molecule has 4 nitrogen and oxygen atoms in total. The average Bonchev–Trinajstić information content (AvgIpc) is 2.90. The van der Waals surface area contributed by atoms with Crippen LogP contribution in [0, 0.1) is 50.7 Å². The van der Waals surface area contributed by atoms with Gasteiger partial charge in [0.25, 0.3) is 0 Å². The van der Waals surface area contributed by atoms with Crippen LogP contribution in [-0.4, -0.2) is 34.5 Å². The summed E-state index contributed by atoms with van der Waals surface area (Å²) >= 11 is 0. The first kappa shape index (κ1) is 24.7. The molecule has 10 atom stereocenters. The van der Waals surface area contributed by atoms with Gasteiger partial charge in [0.1, 0.15) is 6.29 Å². The summed E-state index contributed by atoms with van der Waals surface area (Å²) in [6, 6.07) is 0. The van der Waals surface area contributed by atoms with E-state index in [2.05, 4.69) is 34.6 Å². The summed E-state index contributed by atoms with van der Waals surface area (Å²) in [6.45, 7) is 13.4. The van der Waals surface area contributed by atoms with E-state index in [0.717, 1.165) is 57.7 Å². The third-order valence-corrected chi connectivity index (χ3v) is 12.5. The number of carbonyl (C=O) groups excluding carboxylic acids is 2. The molecule has 0 aliphatic heterocycles. The van der Waals surface area contributed by atoms with Crippen molar-refractivity contribution in [1.29, 1.82) is 0 Å². The van der Waals surface area contributed by atoms with Gasteiger partial charge in [-0.05, 0) is 97.9 Å². The first-order valence-corrected chi connectivity index (χ1v) is 13.8. The molecule has 0 saturated heterocycles. The van der Waals surface area contributed by atoms with Crippen LogP contribution in [0.3, 0.4) is 0 Å². The SMILES string of the molecule is CC1(C)[C@H](O)CC[C@]2(C)[C@H]3CC[C@H]4[C@@](C)(CC[C@@H]5[C@@](C)(C=O)[C@H](O)CC[C@@]54C)CC3=CC(=O)[C@@H]12. The summed E-state index contributed by atoms with van der Waals surface area (Å²) in [5.41, 5.74) is 0.333. The number of aliphatic hydroxyl groups is 2. The van der Waals surface area contributed by atoms with Crippen molar-refractivity contribution in [3.8, 4) is 0 Å². The van der Waals surface area contributed by atoms with E-state index in [0.29, 0.717) is 18.3 Å². The van der Waals surface area contributed by atoms with E-state index in [1.54, 1.807) is 0 Å². The normalized spacial score (nSPS) is 54.5. The van der Waals surface area contributed by atoms with Crippen molar-refractivity contribution in [2.75, 3.05) is 0 Å². The lowest BCUT2D eigenvalue weighted by molar-refractivity contribution is -0.177. The number of allylic oxidation sites excluding steroid dienone is 2. The minimum absolute atomic E-state index is 0.0300. The maximum Gasteiger partial charge on any atom is 0.159 e. The molecule has 5 rings (SSSR count). The van der Waals surface area contributed by atoms with Gasteiger partial charge in [-0.1, -0.05) is 47.1 Å². The Morgan fingerprint density at radius 2 is 1.47 bits per heavy atom. The molecule has 0 aromatic rings. The number of aldehydes is 1. The van der Waals surface area contributed by atoms with Crippen LogP contribution in [0.15, 0.2) is 11.6 Å². The summed E-state index contributed by atoms with van der Waals surface area (Å²) in [7, 11) is 0. The Labute approximate surface area is 206 Å². The number of hydrogen-bond acceptors (Lipinski definition) is 4. The fourth-order valence-corrected chi connectivity index (χ4v) is 10.8. The lowest BCUT2D eigenvalue weighted by Crippen LogP contribution is -2.59. The van der Waals surface area contributed by atoms with Crippen LogP contribution in [0.2, 0.25) is 0 Å². The van der Waals surface area contributed by atoms with Crippen molar-refractivity contribution < 1.29 is 19.8 Å². The Bertz CT molecular complexity index is 921. The van der Waals surface area contributed by atoms with Crippen LogP contribution in [0.5, 0.6) is 0 Å². The topological polar surface area (TPSA) is 74.6 Å². The Hall–Kier alpha value is -1.00. The van der Waals surface area contributed by atoms with Crippen molar-refractivity contribution in [2.24, 2.45) is 50.7 Å². The lowest BCUT2D eigenvalue weighted by Gasteiger charge is -2.63. The van der Waals surface area contributed by atoms with Crippen molar-refractivity contribution in [2.45, 2.75) is 112 Å². The van der Waals surface area contributed by atoms with Gasteiger partial charge in [0.2, 0.25) is 0 Å². The van der Waals surface area contributed by atoms with Gasteiger partial charge in [-0.15, -0.1) is 0 Å². The predicted octanol–water partition coefficient (Wildman–Crippen LogP) is 5.50. The monoisotopic (exact) mass is 470 g/mol. The van der Waals surface area contributed by atoms with Crippen LogP contribution >= 0.6 is 0 Å². The van der Waals surface area contributed by atoms with Crippen molar-refractivity contribution in [1.82, 2.24) is 0 Å². The molecule has 5 aliphatic rings. The highest BCUT2D eigenvalue weighted by Gasteiger charge is 2.65. The standard InChI is InChI=1S/C30H46O4/c1-26(2)23(33)10-13-28(4)19-7-8-21-27(3,16-18(19)15-20(32)25(26)28)12-9-22-29(21,5)14-11-24(34)30(22,6)17-31/h15,17,19,21-25,33-34H,7-14,16H2,1-6H3/t19-,21-,22-,23+,24+,25-,27-,28+,29+,30+/m0/s1. The molecule has 0 spiro atoms. The fraction of sp³-hybridized carbons (Fsp3) is 0.867. The number of ketones is 1. The van der Waals surface area contributed by atoms with Gasteiger partial charge in [0, 0.05) is 11.3 Å². The number of aliphatic hydroxyl groups excluding tert-OH is 2. The van der Waals surface area contributed by atoms with Crippen LogP contribution < -0.4 is 0 Å². The third-order valence-electron chi connectivity index (χ3n) is 12.5. The molecular formula is C30H46O4. The molecule has 0 amide bonds. The van der Waals surface area contributed by atoms with Gasteiger partial charge in [-0.25, -0.2) is 0 Å². The van der Waals surface area contributed by atoms with Gasteiger partial charge < -0.3 is 15.0 Å². The summed E-state index contributed by atoms with van der Waals surface area (Å²) in [4.78, 5) is 25.9. The second-order valence-corrected chi connectivity index (χ2v) is 14.6. The molecule has 0 bridgehead atoms. The first-order chi connectivity index (χ1) is 15.7. The minimum Gasteiger partial charge on any atom is -0.393 e. The molecule has 5 aliphatic carbocycles. The van der Waals surface area contributed by atoms with Crippen molar-refractivity contribution in [3.63, 3.8) is 0 Å². The molecule has 0 heterocycles. The van der Waals surface area contributed by atoms with Gasteiger partial charge in [0.15, 0.2) is 5.78 Å². The zero-order valence-corrected chi connectivity index (χ0v) is 22.2. The quantitative estimate of drug-likeness (QED) is 0.497. The van der Waals surface area contributed by atoms with Gasteiger partial charge in [-0.2, -0.15) is 0 Å². The maximum atomic E-state index is 13.6. The lowest BCUT2D eigenvalue weighted by atomic mass is 9.42. The molecule has 0 aromatic heterocycles. The summed E-state index contributed by atoms with van der Waals surface area (Å²) in [5.74, 6) is 1.18. The van der Waals surface area contributed by atoms with Gasteiger partial charge >= 0.3 is 0 Å². The summed E-state index contributed by atoms with van der Waals surface area (Å²) < 4.78 is 0. The highest BCUT2D eigenvalue weighted by molar-refractivity contribution is 5.95. The Kier molecular flexibility index (Phi) is 5.45. The second kappa shape index (κ2) is 7.51. The molecule has 190 valence electrons. The van der Waals surface area contributed by atoms with Gasteiger partial charge in [0.05, 0.1) is 17.6 Å². The number of hydrogen-bond donors (Lipinski definition) is 2. The van der Waals surface area contributed by atoms with Crippen LogP contribution in [0.25, 0.3) is 0 Å². The van der Waals surface area contributed by atoms with Crippen LogP contribution in [-0.2, 0) is 9.59 Å². The molecule has 0 unspecified atom stereocenters. The van der Waals surface area contributed by atoms with Crippen LogP contribution in [0.1, 0.15) is 99.3 Å². The third kappa shape index (κ3) is 3.03. The molecular weight excluding hydrogens is 424 g/mol. The van der Waals surface area contributed by atoms with E-state index in [4.69, 9.17) is 0 Å². The van der Waals surface area contributed by atoms with Gasteiger partial charge in [-0.3, -0.25) is 4.79 Å². The first-order valence-electron chi connectivity index (χ1n) is 13.8. The van der Waals surface area contributed by atoms with E-state index >= 15 is 0 Å². The second-order valence-electron chi connectivity index (χ2n) is 14.6. The number of fused-ring (bicyclic) bond motifs is 6. The molecule has 4 saturated carbocycles. The van der Waals surface area contributed by atoms with E-state index < -0.39 is 23.0 Å². The van der Waals surface area contributed by atoms with E-state index in [9.17, 15) is 19.8 Å². The molecule has 0 radical (unpaired) electrons. The summed E-state index contributed by atoms with van der Waals surface area (Å²) in [6.07, 6.45) is 10.6. The molecule has 4 heteroatoms. The predicted molar refractivity (Wildman–Crippen MR) is 133 cm³/mol. The minimum atomic E-state index is -0.663. The molecule has 2 N–H and O–H groups in total. The molecule has 34 heavy (non-hydrogen) atoms. The van der Waals surface area contributed by atoms with Crippen molar-refractivity contribution >= 4 is 12.1 Å². The highest BCUT2D eigenvalue weighted by Crippen LogP contribution is 2.69. The zero-order valence-electron chi connectivity index (χ0n) is 22.2. The molecule has 4 fully saturated rings.